The summed E-state index contributed by atoms with van der Waals surface area (Å²) in [5.41, 5.74) is 0. The van der Waals surface area contributed by atoms with Crippen LogP contribution in [0.15, 0.2) is 0 Å². The Balaban J connectivity index is 2.40. The van der Waals surface area contributed by atoms with Crippen LogP contribution in [-0.4, -0.2) is 45.3 Å². The van der Waals surface area contributed by atoms with Gasteiger partial charge >= 0.3 is 0 Å². The van der Waals surface area contributed by atoms with Gasteiger partial charge in [0, 0.05) is 13.5 Å². The average molecular weight is 203 g/mol. The van der Waals surface area contributed by atoms with Crippen LogP contribution in [0.25, 0.3) is 0 Å². The first-order chi connectivity index (χ1) is 6.67. The summed E-state index contributed by atoms with van der Waals surface area (Å²) >= 11 is 0. The molecule has 0 aromatic heterocycles. The number of hydrogen-bond donors (Lipinski definition) is 1. The van der Waals surface area contributed by atoms with Gasteiger partial charge in [-0.2, -0.15) is 0 Å². The van der Waals surface area contributed by atoms with Crippen LogP contribution in [0.5, 0.6) is 0 Å². The van der Waals surface area contributed by atoms with Crippen molar-refractivity contribution in [2.75, 3.05) is 20.8 Å². The SMILES string of the molecule is CNC1CO[C@H](OC(C)C)C[C@@H]1OC. The smallest absolute Gasteiger partial charge is 0.160 e. The van der Waals surface area contributed by atoms with Crippen molar-refractivity contribution in [3.8, 4) is 0 Å². The molecule has 4 nitrogen and oxygen atoms in total. The van der Waals surface area contributed by atoms with Crippen molar-refractivity contribution in [3.63, 3.8) is 0 Å². The Morgan fingerprint density at radius 1 is 1.43 bits per heavy atom. The molecule has 1 unspecified atom stereocenters. The minimum atomic E-state index is -0.121. The zero-order valence-electron chi connectivity index (χ0n) is 9.45. The van der Waals surface area contributed by atoms with Crippen LogP contribution in [0.4, 0.5) is 0 Å². The number of methoxy groups -OCH3 is 1. The van der Waals surface area contributed by atoms with Gasteiger partial charge in [-0.05, 0) is 20.9 Å². The van der Waals surface area contributed by atoms with E-state index in [2.05, 4.69) is 5.32 Å². The third kappa shape index (κ3) is 3.20. The Bertz CT molecular complexity index is 163. The molecule has 0 aliphatic carbocycles. The Morgan fingerprint density at radius 3 is 2.64 bits per heavy atom. The van der Waals surface area contributed by atoms with Crippen molar-refractivity contribution < 1.29 is 14.2 Å². The van der Waals surface area contributed by atoms with Crippen LogP contribution in [0.1, 0.15) is 20.3 Å². The highest BCUT2D eigenvalue weighted by Crippen LogP contribution is 2.18. The van der Waals surface area contributed by atoms with Crippen molar-refractivity contribution >= 4 is 0 Å². The molecule has 0 bridgehead atoms. The van der Waals surface area contributed by atoms with Crippen molar-refractivity contribution in [1.29, 1.82) is 0 Å². The minimum absolute atomic E-state index is 0.121. The van der Waals surface area contributed by atoms with E-state index in [1.165, 1.54) is 0 Å². The number of rotatable bonds is 4. The van der Waals surface area contributed by atoms with Gasteiger partial charge in [0.2, 0.25) is 0 Å². The highest BCUT2D eigenvalue weighted by atomic mass is 16.7. The second-order valence-electron chi connectivity index (χ2n) is 3.85. The Labute approximate surface area is 85.9 Å². The van der Waals surface area contributed by atoms with Crippen LogP contribution in [0.2, 0.25) is 0 Å². The van der Waals surface area contributed by atoms with E-state index in [0.717, 1.165) is 6.42 Å². The first-order valence-electron chi connectivity index (χ1n) is 5.14. The van der Waals surface area contributed by atoms with Crippen LogP contribution >= 0.6 is 0 Å². The first-order valence-corrected chi connectivity index (χ1v) is 5.14. The minimum Gasteiger partial charge on any atom is -0.380 e. The predicted molar refractivity (Wildman–Crippen MR) is 54.2 cm³/mol. The highest BCUT2D eigenvalue weighted by molar-refractivity contribution is 4.80. The van der Waals surface area contributed by atoms with Gasteiger partial charge in [0.25, 0.3) is 0 Å². The molecular formula is C10H21NO3. The van der Waals surface area contributed by atoms with Gasteiger partial charge < -0.3 is 19.5 Å². The average Bonchev–Trinajstić information content (AvgIpc) is 2.16. The first kappa shape index (κ1) is 11.9. The van der Waals surface area contributed by atoms with Gasteiger partial charge in [-0.1, -0.05) is 0 Å². The van der Waals surface area contributed by atoms with E-state index in [9.17, 15) is 0 Å². The predicted octanol–water partition coefficient (Wildman–Crippen LogP) is 0.761. The van der Waals surface area contributed by atoms with Gasteiger partial charge in [0.05, 0.1) is 24.9 Å². The van der Waals surface area contributed by atoms with Crippen LogP contribution in [0, 0.1) is 0 Å². The molecule has 84 valence electrons. The molecule has 0 aromatic carbocycles. The fourth-order valence-corrected chi connectivity index (χ4v) is 1.67. The molecule has 1 fully saturated rings. The van der Waals surface area contributed by atoms with Gasteiger partial charge in [-0.15, -0.1) is 0 Å². The van der Waals surface area contributed by atoms with Crippen molar-refractivity contribution in [2.24, 2.45) is 0 Å². The van der Waals surface area contributed by atoms with E-state index >= 15 is 0 Å². The lowest BCUT2D eigenvalue weighted by atomic mass is 10.1. The molecule has 1 saturated heterocycles. The number of hydrogen-bond acceptors (Lipinski definition) is 4. The maximum absolute atomic E-state index is 5.59. The van der Waals surface area contributed by atoms with Crippen molar-refractivity contribution in [1.82, 2.24) is 5.32 Å². The fourth-order valence-electron chi connectivity index (χ4n) is 1.67. The van der Waals surface area contributed by atoms with E-state index in [0.29, 0.717) is 6.61 Å². The van der Waals surface area contributed by atoms with E-state index in [1.807, 2.05) is 20.9 Å². The van der Waals surface area contributed by atoms with Crippen molar-refractivity contribution in [2.45, 2.75) is 44.8 Å². The molecule has 4 heteroatoms. The zero-order valence-corrected chi connectivity index (χ0v) is 9.45. The van der Waals surface area contributed by atoms with Gasteiger partial charge in [0.15, 0.2) is 6.29 Å². The number of ether oxygens (including phenoxy) is 3. The Hall–Kier alpha value is -0.160. The summed E-state index contributed by atoms with van der Waals surface area (Å²) in [5.74, 6) is 0. The monoisotopic (exact) mass is 203 g/mol. The summed E-state index contributed by atoms with van der Waals surface area (Å²) in [6.45, 7) is 4.66. The topological polar surface area (TPSA) is 39.7 Å². The molecule has 0 spiro atoms. The molecule has 0 saturated carbocycles. The maximum Gasteiger partial charge on any atom is 0.160 e. The molecule has 0 amide bonds. The fraction of sp³-hybridized carbons (Fsp3) is 1.00. The molecule has 0 aromatic rings. The summed E-state index contributed by atoms with van der Waals surface area (Å²) in [4.78, 5) is 0. The Kier molecular flexibility index (Phi) is 4.81. The Morgan fingerprint density at radius 2 is 2.14 bits per heavy atom. The standard InChI is InChI=1S/C10H21NO3/c1-7(2)14-10-5-9(12-4)8(11-3)6-13-10/h7-11H,5-6H2,1-4H3/t8?,9-,10+/m0/s1. The van der Waals surface area contributed by atoms with Gasteiger partial charge in [-0.25, -0.2) is 0 Å². The lowest BCUT2D eigenvalue weighted by molar-refractivity contribution is -0.211. The molecule has 0 radical (unpaired) electrons. The quantitative estimate of drug-likeness (QED) is 0.732. The van der Waals surface area contributed by atoms with E-state index in [-0.39, 0.29) is 24.5 Å². The molecule has 1 heterocycles. The van der Waals surface area contributed by atoms with Crippen molar-refractivity contribution in [3.05, 3.63) is 0 Å². The van der Waals surface area contributed by atoms with Crippen LogP contribution < -0.4 is 5.32 Å². The molecular weight excluding hydrogens is 182 g/mol. The summed E-state index contributed by atoms with van der Waals surface area (Å²) < 4.78 is 16.5. The summed E-state index contributed by atoms with van der Waals surface area (Å²) in [7, 11) is 3.65. The van der Waals surface area contributed by atoms with Crippen LogP contribution in [-0.2, 0) is 14.2 Å². The summed E-state index contributed by atoms with van der Waals surface area (Å²) in [6, 6.07) is 0.270. The van der Waals surface area contributed by atoms with E-state index in [1.54, 1.807) is 7.11 Å². The summed E-state index contributed by atoms with van der Waals surface area (Å²) in [6.07, 6.45) is 1.05. The molecule has 14 heavy (non-hydrogen) atoms. The highest BCUT2D eigenvalue weighted by Gasteiger charge is 2.31. The van der Waals surface area contributed by atoms with Gasteiger partial charge in [0.1, 0.15) is 0 Å². The second-order valence-corrected chi connectivity index (χ2v) is 3.85. The molecule has 1 rings (SSSR count). The normalized spacial score (nSPS) is 33.6. The molecule has 1 aliphatic heterocycles. The van der Waals surface area contributed by atoms with E-state index in [4.69, 9.17) is 14.2 Å². The van der Waals surface area contributed by atoms with Gasteiger partial charge in [-0.3, -0.25) is 0 Å². The lowest BCUT2D eigenvalue weighted by Crippen LogP contribution is -2.50. The summed E-state index contributed by atoms with van der Waals surface area (Å²) in [5, 5.41) is 3.17. The lowest BCUT2D eigenvalue weighted by Gasteiger charge is -2.35. The number of nitrogens with one attached hydrogen (secondary N) is 1. The largest absolute Gasteiger partial charge is 0.380 e. The second kappa shape index (κ2) is 5.66. The zero-order chi connectivity index (χ0) is 10.6. The maximum atomic E-state index is 5.59. The molecule has 1 N–H and O–H groups in total. The van der Waals surface area contributed by atoms with Crippen LogP contribution in [0.3, 0.4) is 0 Å². The number of likely N-dealkylation sites (N-methyl/N-ethyl adjacent to an activating group) is 1. The third-order valence-corrected chi connectivity index (χ3v) is 2.43. The molecule has 1 aliphatic rings. The molecule has 3 atom stereocenters. The third-order valence-electron chi connectivity index (χ3n) is 2.43. The van der Waals surface area contributed by atoms with E-state index < -0.39 is 0 Å².